The third kappa shape index (κ3) is 13.1. The van der Waals surface area contributed by atoms with Gasteiger partial charge in [0.05, 0.1) is 11.7 Å². The molecule has 1 saturated heterocycles. The van der Waals surface area contributed by atoms with E-state index in [1.807, 2.05) is 0 Å². The minimum atomic E-state index is 0.133. The molecule has 1 heteroatoms. The van der Waals surface area contributed by atoms with Crippen LogP contribution in [0.3, 0.4) is 0 Å². The topological polar surface area (TPSA) is 12.5 Å². The predicted octanol–water partition coefficient (Wildman–Crippen LogP) is 9.43. The van der Waals surface area contributed by atoms with Gasteiger partial charge < -0.3 is 4.74 Å². The summed E-state index contributed by atoms with van der Waals surface area (Å²) in [4.78, 5) is 0. The van der Waals surface area contributed by atoms with Gasteiger partial charge in [-0.25, -0.2) is 0 Å². The van der Waals surface area contributed by atoms with Crippen molar-refractivity contribution in [2.24, 2.45) is 0 Å². The smallest absolute Gasteiger partial charge is 0.0892 e. The van der Waals surface area contributed by atoms with Crippen molar-refractivity contribution >= 4 is 0 Å². The Morgan fingerprint density at radius 2 is 1.07 bits per heavy atom. The van der Waals surface area contributed by atoms with E-state index in [9.17, 15) is 0 Å². The summed E-state index contributed by atoms with van der Waals surface area (Å²) in [6, 6.07) is 0. The molecule has 0 bridgehead atoms. The average molecular weight is 413 g/mol. The largest absolute Gasteiger partial charge is 0.367 e. The molecular formula is C29H48O. The molecule has 1 unspecified atom stereocenters. The van der Waals surface area contributed by atoms with Gasteiger partial charge in [0.25, 0.3) is 0 Å². The number of unbranched alkanes of at least 4 members (excludes halogenated alkanes) is 1. The van der Waals surface area contributed by atoms with Crippen LogP contribution >= 0.6 is 0 Å². The van der Waals surface area contributed by atoms with Crippen molar-refractivity contribution in [2.75, 3.05) is 0 Å². The molecule has 0 N–H and O–H groups in total. The molecule has 0 radical (unpaired) electrons. The molecule has 1 heterocycles. The van der Waals surface area contributed by atoms with Crippen LogP contribution in [0.4, 0.5) is 0 Å². The molecule has 1 aliphatic rings. The molecule has 0 aliphatic carbocycles. The first-order chi connectivity index (χ1) is 14.2. The molecule has 0 saturated carbocycles. The van der Waals surface area contributed by atoms with Crippen LogP contribution < -0.4 is 0 Å². The van der Waals surface area contributed by atoms with Gasteiger partial charge >= 0.3 is 0 Å². The van der Waals surface area contributed by atoms with E-state index in [0.717, 1.165) is 12.8 Å². The second-order valence-electron chi connectivity index (χ2n) is 9.71. The van der Waals surface area contributed by atoms with E-state index in [2.05, 4.69) is 84.9 Å². The number of hydrogen-bond acceptors (Lipinski definition) is 1. The van der Waals surface area contributed by atoms with Crippen molar-refractivity contribution in [3.8, 4) is 0 Å². The predicted molar refractivity (Wildman–Crippen MR) is 135 cm³/mol. The standard InChI is InChI=1S/C29H48O/c1-8-9-10-15-24(2)18-13-19-25(3)16-11-12-17-26(4)20-14-21-27(5)22-23-28-29(6,7)30-28/h8-9,16-18,21,28H,10-15,19-20,22-23H2,1-7H3/b9-8+,24-18+,25-16+,26-17+,27-21+. The fourth-order valence-electron chi connectivity index (χ4n) is 3.74. The Kier molecular flexibility index (Phi) is 13.0. The Hall–Kier alpha value is -1.34. The minimum absolute atomic E-state index is 0.133. The lowest BCUT2D eigenvalue weighted by Gasteiger charge is -2.03. The third-order valence-corrected chi connectivity index (χ3v) is 6.12. The van der Waals surface area contributed by atoms with Crippen LogP contribution in [0.1, 0.15) is 113 Å². The molecule has 0 spiro atoms. The van der Waals surface area contributed by atoms with E-state index in [0.29, 0.717) is 6.10 Å². The molecule has 1 atom stereocenters. The normalized spacial score (nSPS) is 20.3. The lowest BCUT2D eigenvalue weighted by atomic mass is 10.0. The van der Waals surface area contributed by atoms with Gasteiger partial charge in [0.2, 0.25) is 0 Å². The highest BCUT2D eigenvalue weighted by molar-refractivity contribution is 5.07. The zero-order valence-electron chi connectivity index (χ0n) is 21.0. The number of allylic oxidation sites excluding steroid dienone is 10. The van der Waals surface area contributed by atoms with Gasteiger partial charge in [0, 0.05) is 0 Å². The average Bonchev–Trinajstić information content (AvgIpc) is 3.30. The fraction of sp³-hybridized carbons (Fsp3) is 0.655. The van der Waals surface area contributed by atoms with Crippen LogP contribution in [0.15, 0.2) is 58.7 Å². The Morgan fingerprint density at radius 1 is 0.667 bits per heavy atom. The fourth-order valence-corrected chi connectivity index (χ4v) is 3.74. The molecule has 0 aromatic heterocycles. The first-order valence-corrected chi connectivity index (χ1v) is 12.2. The molecule has 1 fully saturated rings. The van der Waals surface area contributed by atoms with E-state index in [1.165, 1.54) is 73.7 Å². The van der Waals surface area contributed by atoms with E-state index < -0.39 is 0 Å². The highest BCUT2D eigenvalue weighted by atomic mass is 16.6. The molecule has 1 aliphatic heterocycles. The summed E-state index contributed by atoms with van der Waals surface area (Å²) in [5, 5.41) is 0. The second-order valence-corrected chi connectivity index (χ2v) is 9.71. The van der Waals surface area contributed by atoms with Crippen LogP contribution in [0, 0.1) is 0 Å². The zero-order valence-corrected chi connectivity index (χ0v) is 21.0. The van der Waals surface area contributed by atoms with Gasteiger partial charge in [-0.15, -0.1) is 0 Å². The van der Waals surface area contributed by atoms with Gasteiger partial charge in [-0.3, -0.25) is 0 Å². The van der Waals surface area contributed by atoms with Crippen molar-refractivity contribution in [1.29, 1.82) is 0 Å². The maximum Gasteiger partial charge on any atom is 0.0892 e. The van der Waals surface area contributed by atoms with Crippen molar-refractivity contribution in [3.05, 3.63) is 58.7 Å². The molecule has 0 amide bonds. The van der Waals surface area contributed by atoms with Crippen LogP contribution in [0.5, 0.6) is 0 Å². The Bertz CT molecular complexity index is 639. The Balaban J connectivity index is 2.15. The maximum atomic E-state index is 5.67. The van der Waals surface area contributed by atoms with Gasteiger partial charge in [-0.2, -0.15) is 0 Å². The van der Waals surface area contributed by atoms with Crippen molar-refractivity contribution < 1.29 is 4.74 Å². The van der Waals surface area contributed by atoms with E-state index in [-0.39, 0.29) is 5.60 Å². The molecule has 170 valence electrons. The maximum absolute atomic E-state index is 5.67. The van der Waals surface area contributed by atoms with Gasteiger partial charge in [0.1, 0.15) is 0 Å². The van der Waals surface area contributed by atoms with Gasteiger partial charge in [-0.1, -0.05) is 58.7 Å². The summed E-state index contributed by atoms with van der Waals surface area (Å²) in [7, 11) is 0. The number of rotatable bonds is 15. The van der Waals surface area contributed by atoms with Crippen LogP contribution in [-0.2, 0) is 4.74 Å². The van der Waals surface area contributed by atoms with Crippen LogP contribution in [0.2, 0.25) is 0 Å². The molecular weight excluding hydrogens is 364 g/mol. The summed E-state index contributed by atoms with van der Waals surface area (Å²) in [6.07, 6.45) is 26.3. The summed E-state index contributed by atoms with van der Waals surface area (Å²) in [6.45, 7) is 15.5. The van der Waals surface area contributed by atoms with E-state index >= 15 is 0 Å². The SMILES string of the molecule is C/C=C/CC/C(C)=C/CC/C(C)=C/CC/C=C(\C)CC/C=C(\C)CCC1OC1(C)C. The lowest BCUT2D eigenvalue weighted by molar-refractivity contribution is 0.320. The quantitative estimate of drug-likeness (QED) is 0.148. The summed E-state index contributed by atoms with van der Waals surface area (Å²) in [5.41, 5.74) is 6.22. The highest BCUT2D eigenvalue weighted by Gasteiger charge is 2.46. The number of ether oxygens (including phenoxy) is 1. The number of epoxide rings is 1. The zero-order chi connectivity index (χ0) is 22.4. The third-order valence-electron chi connectivity index (χ3n) is 6.12. The molecule has 1 nitrogen and oxygen atoms in total. The monoisotopic (exact) mass is 412 g/mol. The molecule has 0 aromatic rings. The highest BCUT2D eigenvalue weighted by Crippen LogP contribution is 2.38. The molecule has 30 heavy (non-hydrogen) atoms. The second kappa shape index (κ2) is 14.6. The van der Waals surface area contributed by atoms with Crippen molar-refractivity contribution in [3.63, 3.8) is 0 Å². The van der Waals surface area contributed by atoms with Gasteiger partial charge in [-0.05, 0) is 113 Å². The van der Waals surface area contributed by atoms with E-state index in [4.69, 9.17) is 4.74 Å². The summed E-state index contributed by atoms with van der Waals surface area (Å²) >= 11 is 0. The van der Waals surface area contributed by atoms with Crippen molar-refractivity contribution in [2.45, 2.75) is 124 Å². The van der Waals surface area contributed by atoms with E-state index in [1.54, 1.807) is 0 Å². The minimum Gasteiger partial charge on any atom is -0.367 e. The molecule has 1 rings (SSSR count). The Morgan fingerprint density at radius 3 is 1.50 bits per heavy atom. The first-order valence-electron chi connectivity index (χ1n) is 12.2. The summed E-state index contributed by atoms with van der Waals surface area (Å²) < 4.78 is 5.67. The van der Waals surface area contributed by atoms with Crippen molar-refractivity contribution in [1.82, 2.24) is 0 Å². The number of hydrogen-bond donors (Lipinski definition) is 0. The van der Waals surface area contributed by atoms with Crippen LogP contribution in [0.25, 0.3) is 0 Å². The summed E-state index contributed by atoms with van der Waals surface area (Å²) in [5.74, 6) is 0. The van der Waals surface area contributed by atoms with Gasteiger partial charge in [0.15, 0.2) is 0 Å². The lowest BCUT2D eigenvalue weighted by Crippen LogP contribution is -2.02. The van der Waals surface area contributed by atoms with Crippen LogP contribution in [-0.4, -0.2) is 11.7 Å². The molecule has 0 aromatic carbocycles. The Labute approximate surface area is 188 Å². The first kappa shape index (κ1) is 26.7.